The van der Waals surface area contributed by atoms with Crippen LogP contribution in [-0.4, -0.2) is 4.98 Å². The van der Waals surface area contributed by atoms with E-state index in [1.54, 1.807) is 11.8 Å². The van der Waals surface area contributed by atoms with Gasteiger partial charge in [0.25, 0.3) is 0 Å². The van der Waals surface area contributed by atoms with Gasteiger partial charge in [-0.25, -0.2) is 4.98 Å². The molecule has 0 aliphatic carbocycles. The number of benzene rings is 2. The second-order valence-corrected chi connectivity index (χ2v) is 6.46. The van der Waals surface area contributed by atoms with E-state index < -0.39 is 0 Å². The summed E-state index contributed by atoms with van der Waals surface area (Å²) in [6, 6.07) is 25.0. The monoisotopic (exact) mass is 316 g/mol. The number of rotatable bonds is 2. The van der Waals surface area contributed by atoms with Crippen LogP contribution < -0.4 is 4.90 Å². The van der Waals surface area contributed by atoms with Crippen LogP contribution in [0.15, 0.2) is 90.6 Å². The van der Waals surface area contributed by atoms with Crippen molar-refractivity contribution < 1.29 is 0 Å². The molecule has 112 valence electrons. The van der Waals surface area contributed by atoms with Gasteiger partial charge in [-0.15, -0.1) is 0 Å². The zero-order valence-electron chi connectivity index (χ0n) is 12.6. The van der Waals surface area contributed by atoms with Crippen molar-refractivity contribution in [1.82, 2.24) is 4.98 Å². The average Bonchev–Trinajstić information content (AvgIpc) is 2.63. The zero-order chi connectivity index (χ0) is 15.6. The van der Waals surface area contributed by atoms with Gasteiger partial charge in [0.2, 0.25) is 0 Å². The molecule has 1 atom stereocenters. The summed E-state index contributed by atoms with van der Waals surface area (Å²) >= 11 is 1.77. The summed E-state index contributed by atoms with van der Waals surface area (Å²) in [6.45, 7) is 4.36. The third-order valence-electron chi connectivity index (χ3n) is 3.95. The molecule has 0 N–H and O–H groups in total. The molecule has 0 saturated carbocycles. The molecule has 0 saturated heterocycles. The smallest absolute Gasteiger partial charge is 0.111 e. The second-order valence-electron chi connectivity index (χ2n) is 5.39. The topological polar surface area (TPSA) is 16.1 Å². The highest BCUT2D eigenvalue weighted by atomic mass is 32.2. The van der Waals surface area contributed by atoms with Crippen LogP contribution in [0.25, 0.3) is 5.70 Å². The molecule has 0 bridgehead atoms. The standard InChI is InChI=1S/C20H16N2S/c1-15-18-13-8-14-21-19(18)23-20(16-9-4-2-5-10-16)22(15)17-11-6-3-7-12-17/h2-14,20H,1H2. The van der Waals surface area contributed by atoms with Crippen LogP contribution >= 0.6 is 11.8 Å². The zero-order valence-corrected chi connectivity index (χ0v) is 13.4. The molecule has 2 nitrogen and oxygen atoms in total. The molecule has 0 radical (unpaired) electrons. The summed E-state index contributed by atoms with van der Waals surface area (Å²) in [5.74, 6) is 0. The van der Waals surface area contributed by atoms with E-state index in [-0.39, 0.29) is 5.37 Å². The predicted octanol–water partition coefficient (Wildman–Crippen LogP) is 5.36. The van der Waals surface area contributed by atoms with Crippen LogP contribution in [-0.2, 0) is 0 Å². The third kappa shape index (κ3) is 2.53. The van der Waals surface area contributed by atoms with E-state index in [0.717, 1.165) is 22.0 Å². The maximum Gasteiger partial charge on any atom is 0.111 e. The van der Waals surface area contributed by atoms with E-state index in [1.807, 2.05) is 24.4 Å². The summed E-state index contributed by atoms with van der Waals surface area (Å²) in [7, 11) is 0. The summed E-state index contributed by atoms with van der Waals surface area (Å²) in [5.41, 5.74) is 4.49. The lowest BCUT2D eigenvalue weighted by Crippen LogP contribution is -2.28. The van der Waals surface area contributed by atoms with Crippen molar-refractivity contribution in [2.24, 2.45) is 0 Å². The normalized spacial score (nSPS) is 17.0. The number of anilines is 1. The molecule has 1 aliphatic heterocycles. The Balaban J connectivity index is 1.87. The Morgan fingerprint density at radius 3 is 2.30 bits per heavy atom. The number of hydrogen-bond acceptors (Lipinski definition) is 3. The molecule has 2 aromatic carbocycles. The molecular weight excluding hydrogens is 300 g/mol. The minimum absolute atomic E-state index is 0.133. The Morgan fingerprint density at radius 2 is 1.57 bits per heavy atom. The van der Waals surface area contributed by atoms with Gasteiger partial charge in [-0.05, 0) is 29.8 Å². The van der Waals surface area contributed by atoms with Crippen molar-refractivity contribution in [3.63, 3.8) is 0 Å². The van der Waals surface area contributed by atoms with Gasteiger partial charge in [-0.1, -0.05) is 66.9 Å². The van der Waals surface area contributed by atoms with Crippen LogP contribution in [0.5, 0.6) is 0 Å². The molecule has 3 aromatic rings. The summed E-state index contributed by atoms with van der Waals surface area (Å²) in [4.78, 5) is 6.84. The quantitative estimate of drug-likeness (QED) is 0.633. The van der Waals surface area contributed by atoms with Crippen LogP contribution in [0.1, 0.15) is 16.5 Å². The van der Waals surface area contributed by atoms with E-state index >= 15 is 0 Å². The van der Waals surface area contributed by atoms with Crippen molar-refractivity contribution in [2.45, 2.75) is 10.4 Å². The number of nitrogens with zero attached hydrogens (tertiary/aromatic N) is 2. The van der Waals surface area contributed by atoms with Crippen LogP contribution in [0.2, 0.25) is 0 Å². The SMILES string of the molecule is C=C1c2cccnc2SC(c2ccccc2)N1c1ccccc1. The molecule has 23 heavy (non-hydrogen) atoms. The average molecular weight is 316 g/mol. The van der Waals surface area contributed by atoms with Gasteiger partial charge in [0.05, 0.1) is 0 Å². The number of thioether (sulfide) groups is 1. The summed E-state index contributed by atoms with van der Waals surface area (Å²) in [6.07, 6.45) is 1.85. The van der Waals surface area contributed by atoms with E-state index in [9.17, 15) is 0 Å². The van der Waals surface area contributed by atoms with E-state index in [2.05, 4.69) is 71.1 Å². The molecule has 2 heterocycles. The fourth-order valence-electron chi connectivity index (χ4n) is 2.85. The highest BCUT2D eigenvalue weighted by molar-refractivity contribution is 7.99. The fraction of sp³-hybridized carbons (Fsp3) is 0.0500. The second kappa shape index (κ2) is 5.94. The third-order valence-corrected chi connectivity index (χ3v) is 5.20. The molecule has 3 heteroatoms. The van der Waals surface area contributed by atoms with Gasteiger partial charge in [-0.2, -0.15) is 0 Å². The van der Waals surface area contributed by atoms with Crippen LogP contribution in [0, 0.1) is 0 Å². The highest BCUT2D eigenvalue weighted by Crippen LogP contribution is 2.49. The van der Waals surface area contributed by atoms with Crippen molar-refractivity contribution in [3.05, 3.63) is 96.7 Å². The van der Waals surface area contributed by atoms with Gasteiger partial charge in [0.1, 0.15) is 10.4 Å². The van der Waals surface area contributed by atoms with Gasteiger partial charge < -0.3 is 4.90 Å². The number of hydrogen-bond donors (Lipinski definition) is 0. The van der Waals surface area contributed by atoms with Crippen molar-refractivity contribution in [2.75, 3.05) is 4.90 Å². The Hall–Kier alpha value is -2.52. The van der Waals surface area contributed by atoms with Gasteiger partial charge in [0, 0.05) is 23.1 Å². The lowest BCUT2D eigenvalue weighted by molar-refractivity contribution is 0.916. The number of fused-ring (bicyclic) bond motifs is 1. The predicted molar refractivity (Wildman–Crippen MR) is 97.2 cm³/mol. The van der Waals surface area contributed by atoms with Gasteiger partial charge >= 0.3 is 0 Å². The van der Waals surface area contributed by atoms with E-state index in [0.29, 0.717) is 0 Å². The molecule has 1 aliphatic rings. The number of pyridine rings is 1. The maximum atomic E-state index is 4.55. The molecule has 4 rings (SSSR count). The van der Waals surface area contributed by atoms with Crippen molar-refractivity contribution in [1.29, 1.82) is 0 Å². The first-order chi connectivity index (χ1) is 11.3. The minimum Gasteiger partial charge on any atom is -0.324 e. The minimum atomic E-state index is 0.133. The van der Waals surface area contributed by atoms with Gasteiger partial charge in [0.15, 0.2) is 0 Å². The lowest BCUT2D eigenvalue weighted by Gasteiger charge is -2.39. The maximum absolute atomic E-state index is 4.55. The van der Waals surface area contributed by atoms with Crippen molar-refractivity contribution >= 4 is 23.1 Å². The largest absolute Gasteiger partial charge is 0.324 e. The Kier molecular flexibility index (Phi) is 3.64. The molecule has 1 aromatic heterocycles. The van der Waals surface area contributed by atoms with Crippen molar-refractivity contribution in [3.8, 4) is 0 Å². The first-order valence-corrected chi connectivity index (χ1v) is 8.43. The first-order valence-electron chi connectivity index (χ1n) is 7.55. The fourth-order valence-corrected chi connectivity index (χ4v) is 4.14. The molecule has 0 amide bonds. The lowest BCUT2D eigenvalue weighted by atomic mass is 10.1. The van der Waals surface area contributed by atoms with Crippen LogP contribution in [0.4, 0.5) is 5.69 Å². The Bertz CT molecular complexity index is 831. The van der Waals surface area contributed by atoms with E-state index in [1.165, 1.54) is 5.56 Å². The number of aromatic nitrogens is 1. The molecule has 0 spiro atoms. The number of para-hydroxylation sites is 1. The molecule has 0 fully saturated rings. The summed E-state index contributed by atoms with van der Waals surface area (Å²) < 4.78 is 0. The summed E-state index contributed by atoms with van der Waals surface area (Å²) in [5, 5.41) is 1.17. The molecular formula is C20H16N2S. The highest BCUT2D eigenvalue weighted by Gasteiger charge is 2.31. The van der Waals surface area contributed by atoms with Crippen LogP contribution in [0.3, 0.4) is 0 Å². The van der Waals surface area contributed by atoms with E-state index in [4.69, 9.17) is 0 Å². The molecule has 1 unspecified atom stereocenters. The van der Waals surface area contributed by atoms with Gasteiger partial charge in [-0.3, -0.25) is 0 Å². The first kappa shape index (κ1) is 14.1. The Morgan fingerprint density at radius 1 is 0.870 bits per heavy atom. The Labute approximate surface area is 140 Å².